The normalized spacial score (nSPS) is 11.7. The number of alkyl halides is 1. The average molecular weight is 304 g/mol. The van der Waals surface area contributed by atoms with Crippen LogP contribution in [0.2, 0.25) is 0 Å². The fourth-order valence-electron chi connectivity index (χ4n) is 2.21. The lowest BCUT2D eigenvalue weighted by Crippen LogP contribution is -2.06. The maximum atomic E-state index is 5.96. The van der Waals surface area contributed by atoms with Crippen LogP contribution in [0, 0.1) is 0 Å². The Morgan fingerprint density at radius 2 is 2.19 bits per heavy atom. The molecule has 0 unspecified atom stereocenters. The number of nitrogen functional groups attached to an aromatic ring is 1. The Balaban J connectivity index is 2.01. The van der Waals surface area contributed by atoms with E-state index in [-0.39, 0.29) is 5.95 Å². The lowest BCUT2D eigenvalue weighted by atomic mass is 10.4. The number of furan rings is 1. The third kappa shape index (κ3) is 1.76. The van der Waals surface area contributed by atoms with Crippen LogP contribution in [-0.2, 0) is 6.54 Å². The molecule has 4 rings (SSSR count). The second-order valence-corrected chi connectivity index (χ2v) is 4.79. The van der Waals surface area contributed by atoms with Crippen molar-refractivity contribution in [3.63, 3.8) is 0 Å². The van der Waals surface area contributed by atoms with Crippen molar-refractivity contribution in [3.05, 3.63) is 24.6 Å². The van der Waals surface area contributed by atoms with E-state index in [1.165, 1.54) is 4.52 Å². The van der Waals surface area contributed by atoms with Gasteiger partial charge in [0.15, 0.2) is 17.1 Å². The fraction of sp³-hybridized carbons (Fsp3) is 0.167. The van der Waals surface area contributed by atoms with Gasteiger partial charge in [-0.3, -0.25) is 0 Å². The Labute approximate surface area is 123 Å². The molecule has 0 saturated carbocycles. The standard InChI is InChI=1S/C12H10ClN7O/c13-3-4-19-10-7(6-15-19)11-16-9(8-2-1-5-21-8)18-20(11)12(14)17-10/h1-2,5-6H,3-4H2,(H2,14,17). The highest BCUT2D eigenvalue weighted by Crippen LogP contribution is 2.23. The molecule has 0 amide bonds. The van der Waals surface area contributed by atoms with Gasteiger partial charge in [-0.05, 0) is 12.1 Å². The van der Waals surface area contributed by atoms with Crippen molar-refractivity contribution in [2.75, 3.05) is 11.6 Å². The molecule has 4 heterocycles. The molecule has 0 aliphatic carbocycles. The second kappa shape index (κ2) is 4.45. The van der Waals surface area contributed by atoms with Crippen LogP contribution in [0.5, 0.6) is 0 Å². The predicted molar refractivity (Wildman–Crippen MR) is 76.9 cm³/mol. The van der Waals surface area contributed by atoms with Crippen molar-refractivity contribution < 1.29 is 4.42 Å². The summed E-state index contributed by atoms with van der Waals surface area (Å²) in [4.78, 5) is 8.80. The van der Waals surface area contributed by atoms with Crippen molar-refractivity contribution in [2.45, 2.75) is 6.54 Å². The van der Waals surface area contributed by atoms with Crippen LogP contribution in [-0.4, -0.2) is 35.2 Å². The topological polar surface area (TPSA) is 100 Å². The smallest absolute Gasteiger partial charge is 0.225 e. The Morgan fingerprint density at radius 1 is 1.29 bits per heavy atom. The second-order valence-electron chi connectivity index (χ2n) is 4.41. The van der Waals surface area contributed by atoms with Gasteiger partial charge in [0, 0.05) is 5.88 Å². The van der Waals surface area contributed by atoms with E-state index < -0.39 is 0 Å². The molecular weight excluding hydrogens is 294 g/mol. The van der Waals surface area contributed by atoms with Gasteiger partial charge in [-0.1, -0.05) is 0 Å². The number of anilines is 1. The van der Waals surface area contributed by atoms with Crippen molar-refractivity contribution in [2.24, 2.45) is 0 Å². The first-order valence-corrected chi connectivity index (χ1v) is 6.79. The van der Waals surface area contributed by atoms with Crippen LogP contribution < -0.4 is 5.73 Å². The van der Waals surface area contributed by atoms with Crippen molar-refractivity contribution in [1.29, 1.82) is 0 Å². The molecule has 4 aromatic rings. The lowest BCUT2D eigenvalue weighted by Gasteiger charge is -2.01. The summed E-state index contributed by atoms with van der Waals surface area (Å²) in [6.07, 6.45) is 3.25. The molecule has 0 aromatic carbocycles. The van der Waals surface area contributed by atoms with Gasteiger partial charge in [0.05, 0.1) is 24.4 Å². The summed E-state index contributed by atoms with van der Waals surface area (Å²) >= 11 is 5.76. The number of aryl methyl sites for hydroxylation is 1. The Bertz CT molecular complexity index is 924. The van der Waals surface area contributed by atoms with Gasteiger partial charge in [-0.15, -0.1) is 16.7 Å². The van der Waals surface area contributed by atoms with Crippen molar-refractivity contribution >= 4 is 34.2 Å². The van der Waals surface area contributed by atoms with Gasteiger partial charge in [-0.25, -0.2) is 9.67 Å². The summed E-state index contributed by atoms with van der Waals surface area (Å²) in [7, 11) is 0. The molecule has 2 N–H and O–H groups in total. The zero-order chi connectivity index (χ0) is 14.4. The zero-order valence-electron chi connectivity index (χ0n) is 10.8. The number of hydrogen-bond acceptors (Lipinski definition) is 6. The summed E-state index contributed by atoms with van der Waals surface area (Å²) in [5.41, 5.74) is 7.18. The molecule has 0 bridgehead atoms. The molecule has 21 heavy (non-hydrogen) atoms. The predicted octanol–water partition coefficient (Wildman–Crippen LogP) is 1.55. The van der Waals surface area contributed by atoms with Crippen LogP contribution in [0.4, 0.5) is 5.95 Å². The molecule has 0 saturated heterocycles. The molecule has 0 radical (unpaired) electrons. The van der Waals surface area contributed by atoms with Gasteiger partial charge in [0.25, 0.3) is 0 Å². The monoisotopic (exact) mass is 303 g/mol. The number of fused-ring (bicyclic) bond motifs is 3. The average Bonchev–Trinajstić information content (AvgIpc) is 3.16. The number of nitrogens with two attached hydrogens (primary N) is 1. The summed E-state index contributed by atoms with van der Waals surface area (Å²) in [5, 5.41) is 9.34. The van der Waals surface area contributed by atoms with Crippen molar-refractivity contribution in [1.82, 2.24) is 29.4 Å². The summed E-state index contributed by atoms with van der Waals surface area (Å²) in [6, 6.07) is 3.56. The first-order valence-electron chi connectivity index (χ1n) is 6.25. The van der Waals surface area contributed by atoms with E-state index in [4.69, 9.17) is 21.8 Å². The highest BCUT2D eigenvalue weighted by molar-refractivity contribution is 6.17. The van der Waals surface area contributed by atoms with E-state index in [0.29, 0.717) is 35.3 Å². The summed E-state index contributed by atoms with van der Waals surface area (Å²) < 4.78 is 8.48. The molecule has 8 nitrogen and oxygen atoms in total. The molecule has 9 heteroatoms. The van der Waals surface area contributed by atoms with E-state index in [0.717, 1.165) is 5.39 Å². The molecule has 106 valence electrons. The minimum Gasteiger partial charge on any atom is -0.461 e. The van der Waals surface area contributed by atoms with Gasteiger partial charge in [0.1, 0.15) is 0 Å². The third-order valence-electron chi connectivity index (χ3n) is 3.14. The zero-order valence-corrected chi connectivity index (χ0v) is 11.5. The van der Waals surface area contributed by atoms with E-state index in [1.807, 2.05) is 0 Å². The maximum Gasteiger partial charge on any atom is 0.225 e. The number of hydrogen-bond donors (Lipinski definition) is 1. The fourth-order valence-corrected chi connectivity index (χ4v) is 2.37. The van der Waals surface area contributed by atoms with Crippen LogP contribution in [0.25, 0.3) is 28.3 Å². The quantitative estimate of drug-likeness (QED) is 0.576. The Morgan fingerprint density at radius 3 is 2.95 bits per heavy atom. The Kier molecular flexibility index (Phi) is 2.58. The molecular formula is C12H10ClN7O. The first-order chi connectivity index (χ1) is 10.3. The van der Waals surface area contributed by atoms with Gasteiger partial charge < -0.3 is 10.2 Å². The number of nitrogens with zero attached hydrogens (tertiary/aromatic N) is 6. The van der Waals surface area contributed by atoms with Gasteiger partial charge in [0.2, 0.25) is 11.8 Å². The lowest BCUT2D eigenvalue weighted by molar-refractivity contribution is 0.577. The van der Waals surface area contributed by atoms with Crippen LogP contribution in [0.3, 0.4) is 0 Å². The van der Waals surface area contributed by atoms with E-state index >= 15 is 0 Å². The van der Waals surface area contributed by atoms with Crippen LogP contribution in [0.15, 0.2) is 29.0 Å². The van der Waals surface area contributed by atoms with E-state index in [9.17, 15) is 0 Å². The minimum absolute atomic E-state index is 0.235. The molecule has 0 atom stereocenters. The highest BCUT2D eigenvalue weighted by Gasteiger charge is 2.17. The molecule has 0 aliphatic heterocycles. The molecule has 0 aliphatic rings. The third-order valence-corrected chi connectivity index (χ3v) is 3.30. The van der Waals surface area contributed by atoms with E-state index in [1.54, 1.807) is 29.3 Å². The van der Waals surface area contributed by atoms with Crippen molar-refractivity contribution in [3.8, 4) is 11.6 Å². The Hall–Kier alpha value is -2.61. The van der Waals surface area contributed by atoms with Gasteiger partial charge >= 0.3 is 0 Å². The largest absolute Gasteiger partial charge is 0.461 e. The molecule has 0 fully saturated rings. The molecule has 0 spiro atoms. The highest BCUT2D eigenvalue weighted by atomic mass is 35.5. The first kappa shape index (κ1) is 12.2. The maximum absolute atomic E-state index is 5.96. The van der Waals surface area contributed by atoms with Crippen LogP contribution >= 0.6 is 11.6 Å². The number of halogens is 1. The number of rotatable bonds is 3. The van der Waals surface area contributed by atoms with Gasteiger partial charge in [-0.2, -0.15) is 14.6 Å². The van der Waals surface area contributed by atoms with E-state index in [2.05, 4.69) is 20.2 Å². The molecule has 4 aromatic heterocycles. The number of aromatic nitrogens is 6. The minimum atomic E-state index is 0.235. The summed E-state index contributed by atoms with van der Waals surface area (Å²) in [6.45, 7) is 0.548. The van der Waals surface area contributed by atoms with Crippen LogP contribution in [0.1, 0.15) is 0 Å². The summed E-state index contributed by atoms with van der Waals surface area (Å²) in [5.74, 6) is 1.69. The SMILES string of the molecule is Nc1nc2c(cnn2CCCl)c2nc(-c3ccco3)nn12.